The molecule has 1 atom stereocenters. The molecule has 0 aliphatic rings. The first kappa shape index (κ1) is 17.5. The third-order valence-electron chi connectivity index (χ3n) is 3.83. The molecule has 0 bridgehead atoms. The summed E-state index contributed by atoms with van der Waals surface area (Å²) in [6.07, 6.45) is 0.0148. The smallest absolute Gasteiger partial charge is 0.335 e. The Morgan fingerprint density at radius 1 is 1.21 bits per heavy atom. The Labute approximate surface area is 141 Å². The second-order valence-corrected chi connectivity index (χ2v) is 5.67. The van der Waals surface area contributed by atoms with E-state index < -0.39 is 5.97 Å². The van der Waals surface area contributed by atoms with Crippen molar-refractivity contribution in [3.05, 3.63) is 64.7 Å². The van der Waals surface area contributed by atoms with Crippen molar-refractivity contribution < 1.29 is 19.4 Å². The Kier molecular flexibility index (Phi) is 5.58. The monoisotopic (exact) mass is 327 g/mol. The fourth-order valence-electron chi connectivity index (χ4n) is 2.62. The zero-order valence-corrected chi connectivity index (χ0v) is 14.0. The van der Waals surface area contributed by atoms with Crippen molar-refractivity contribution in [1.29, 1.82) is 0 Å². The lowest BCUT2D eigenvalue weighted by Crippen LogP contribution is -2.29. The summed E-state index contributed by atoms with van der Waals surface area (Å²) in [5, 5.41) is 12.1. The van der Waals surface area contributed by atoms with Crippen LogP contribution in [-0.2, 0) is 11.2 Å². The van der Waals surface area contributed by atoms with Gasteiger partial charge < -0.3 is 15.2 Å². The van der Waals surface area contributed by atoms with Gasteiger partial charge in [-0.2, -0.15) is 0 Å². The number of carboxylic acids is 1. The van der Waals surface area contributed by atoms with Crippen LogP contribution in [0.4, 0.5) is 0 Å². The Morgan fingerprint density at radius 3 is 2.58 bits per heavy atom. The van der Waals surface area contributed by atoms with Gasteiger partial charge in [-0.3, -0.25) is 4.79 Å². The number of carbonyl (C=O) groups excluding carboxylic acids is 1. The van der Waals surface area contributed by atoms with E-state index in [9.17, 15) is 14.7 Å². The van der Waals surface area contributed by atoms with Gasteiger partial charge in [0, 0.05) is 5.56 Å². The number of carbonyl (C=O) groups is 2. The first-order valence-electron chi connectivity index (χ1n) is 7.67. The second kappa shape index (κ2) is 7.64. The highest BCUT2D eigenvalue weighted by molar-refractivity contribution is 5.91. The van der Waals surface area contributed by atoms with Gasteiger partial charge in [-0.15, -0.1) is 0 Å². The third kappa shape index (κ3) is 4.13. The molecule has 5 heteroatoms. The van der Waals surface area contributed by atoms with Gasteiger partial charge in [0.1, 0.15) is 5.75 Å². The average molecular weight is 327 g/mol. The van der Waals surface area contributed by atoms with Gasteiger partial charge in [0.2, 0.25) is 5.91 Å². The summed E-state index contributed by atoms with van der Waals surface area (Å²) in [4.78, 5) is 23.5. The quantitative estimate of drug-likeness (QED) is 0.855. The highest BCUT2D eigenvalue weighted by atomic mass is 16.5. The standard InChI is InChI=1S/C19H21NO4/c1-12-8-9-17(24-3)16(10-12)13(2)20-18(21)11-14-6-4-5-7-15(14)19(22)23/h4-10,13H,11H2,1-3H3,(H,20,21)(H,22,23). The van der Waals surface area contributed by atoms with E-state index in [1.54, 1.807) is 25.3 Å². The van der Waals surface area contributed by atoms with Crippen LogP contribution in [0.15, 0.2) is 42.5 Å². The maximum Gasteiger partial charge on any atom is 0.335 e. The number of rotatable bonds is 6. The van der Waals surface area contributed by atoms with Crippen LogP contribution >= 0.6 is 0 Å². The zero-order chi connectivity index (χ0) is 17.7. The van der Waals surface area contributed by atoms with E-state index in [0.29, 0.717) is 11.3 Å². The van der Waals surface area contributed by atoms with Crippen molar-refractivity contribution in [2.45, 2.75) is 26.3 Å². The largest absolute Gasteiger partial charge is 0.496 e. The fourth-order valence-corrected chi connectivity index (χ4v) is 2.62. The van der Waals surface area contributed by atoms with Crippen LogP contribution in [0, 0.1) is 6.92 Å². The van der Waals surface area contributed by atoms with Gasteiger partial charge in [-0.1, -0.05) is 35.9 Å². The lowest BCUT2D eigenvalue weighted by atomic mass is 10.0. The molecular weight excluding hydrogens is 306 g/mol. The van der Waals surface area contributed by atoms with Crippen molar-refractivity contribution in [3.63, 3.8) is 0 Å². The van der Waals surface area contributed by atoms with Crippen molar-refractivity contribution in [3.8, 4) is 5.75 Å². The van der Waals surface area contributed by atoms with E-state index in [4.69, 9.17) is 4.74 Å². The van der Waals surface area contributed by atoms with Gasteiger partial charge in [0.05, 0.1) is 25.1 Å². The molecular formula is C19H21NO4. The number of benzene rings is 2. The lowest BCUT2D eigenvalue weighted by Gasteiger charge is -2.18. The van der Waals surface area contributed by atoms with Crippen molar-refractivity contribution in [1.82, 2.24) is 5.32 Å². The van der Waals surface area contributed by atoms with Gasteiger partial charge in [0.25, 0.3) is 0 Å². The molecule has 0 fully saturated rings. The SMILES string of the molecule is COc1ccc(C)cc1C(C)NC(=O)Cc1ccccc1C(=O)O. The third-order valence-corrected chi connectivity index (χ3v) is 3.83. The Balaban J connectivity index is 2.13. The Bertz CT molecular complexity index is 755. The van der Waals surface area contributed by atoms with E-state index >= 15 is 0 Å². The maximum atomic E-state index is 12.3. The molecule has 2 rings (SSSR count). The Morgan fingerprint density at radius 2 is 1.92 bits per heavy atom. The number of hydrogen-bond donors (Lipinski definition) is 2. The molecule has 0 aromatic heterocycles. The molecule has 5 nitrogen and oxygen atoms in total. The summed E-state index contributed by atoms with van der Waals surface area (Å²) in [6.45, 7) is 3.85. The minimum atomic E-state index is -1.04. The van der Waals surface area contributed by atoms with Gasteiger partial charge in [-0.25, -0.2) is 4.79 Å². The summed E-state index contributed by atoms with van der Waals surface area (Å²) >= 11 is 0. The number of aryl methyl sites for hydroxylation is 1. The molecule has 0 heterocycles. The summed E-state index contributed by atoms with van der Waals surface area (Å²) in [7, 11) is 1.59. The summed E-state index contributed by atoms with van der Waals surface area (Å²) < 4.78 is 5.34. The van der Waals surface area contributed by atoms with Crippen LogP contribution in [0.25, 0.3) is 0 Å². The lowest BCUT2D eigenvalue weighted by molar-refractivity contribution is -0.121. The van der Waals surface area contributed by atoms with E-state index in [1.807, 2.05) is 32.0 Å². The molecule has 1 unspecified atom stereocenters. The zero-order valence-electron chi connectivity index (χ0n) is 14.0. The van der Waals surface area contributed by atoms with E-state index in [0.717, 1.165) is 11.1 Å². The first-order valence-corrected chi connectivity index (χ1v) is 7.67. The molecule has 0 spiro atoms. The topological polar surface area (TPSA) is 75.6 Å². The molecule has 2 aromatic rings. The second-order valence-electron chi connectivity index (χ2n) is 5.67. The van der Waals surface area contributed by atoms with Crippen molar-refractivity contribution in [2.75, 3.05) is 7.11 Å². The average Bonchev–Trinajstić information content (AvgIpc) is 2.54. The summed E-state index contributed by atoms with van der Waals surface area (Å²) in [5.74, 6) is -0.564. The normalized spacial score (nSPS) is 11.6. The fraction of sp³-hybridized carbons (Fsp3) is 0.263. The van der Waals surface area contributed by atoms with Crippen LogP contribution in [0.3, 0.4) is 0 Å². The summed E-state index contributed by atoms with van der Waals surface area (Å²) in [6, 6.07) is 12.1. The highest BCUT2D eigenvalue weighted by Crippen LogP contribution is 2.26. The molecule has 2 N–H and O–H groups in total. The van der Waals surface area contributed by atoms with Crippen LogP contribution in [0.2, 0.25) is 0 Å². The van der Waals surface area contributed by atoms with Crippen molar-refractivity contribution >= 4 is 11.9 Å². The predicted octanol–water partition coefficient (Wildman–Crippen LogP) is 3.12. The van der Waals surface area contributed by atoms with Crippen LogP contribution in [-0.4, -0.2) is 24.1 Å². The Hall–Kier alpha value is -2.82. The number of hydrogen-bond acceptors (Lipinski definition) is 3. The van der Waals surface area contributed by atoms with E-state index in [2.05, 4.69) is 5.32 Å². The molecule has 0 aliphatic heterocycles. The number of aromatic carboxylic acids is 1. The van der Waals surface area contributed by atoms with Gasteiger partial charge in [-0.05, 0) is 31.5 Å². The minimum Gasteiger partial charge on any atom is -0.496 e. The molecule has 0 saturated heterocycles. The minimum absolute atomic E-state index is 0.0148. The maximum absolute atomic E-state index is 12.3. The molecule has 0 radical (unpaired) electrons. The van der Waals surface area contributed by atoms with Gasteiger partial charge in [0.15, 0.2) is 0 Å². The predicted molar refractivity (Wildman–Crippen MR) is 91.4 cm³/mol. The molecule has 0 aliphatic carbocycles. The molecule has 24 heavy (non-hydrogen) atoms. The number of ether oxygens (including phenoxy) is 1. The number of amides is 1. The van der Waals surface area contributed by atoms with E-state index in [1.165, 1.54) is 6.07 Å². The molecule has 0 saturated carbocycles. The molecule has 1 amide bonds. The van der Waals surface area contributed by atoms with Crippen molar-refractivity contribution in [2.24, 2.45) is 0 Å². The van der Waals surface area contributed by atoms with Crippen LogP contribution in [0.1, 0.15) is 40.0 Å². The number of carboxylic acid groups (broad SMARTS) is 1. The first-order chi connectivity index (χ1) is 11.4. The van der Waals surface area contributed by atoms with Crippen LogP contribution in [0.5, 0.6) is 5.75 Å². The van der Waals surface area contributed by atoms with E-state index in [-0.39, 0.29) is 23.9 Å². The molecule has 126 valence electrons. The summed E-state index contributed by atoms with van der Waals surface area (Å²) in [5.41, 5.74) is 2.60. The highest BCUT2D eigenvalue weighted by Gasteiger charge is 2.17. The number of methoxy groups -OCH3 is 1. The molecule has 2 aromatic carbocycles. The van der Waals surface area contributed by atoms with Gasteiger partial charge >= 0.3 is 5.97 Å². The van der Waals surface area contributed by atoms with Crippen LogP contribution < -0.4 is 10.1 Å². The number of nitrogens with one attached hydrogen (secondary N) is 1.